The van der Waals surface area contributed by atoms with Crippen LogP contribution in [0.25, 0.3) is 0 Å². The van der Waals surface area contributed by atoms with E-state index in [-0.39, 0.29) is 12.3 Å². The molecule has 0 saturated heterocycles. The van der Waals surface area contributed by atoms with Crippen molar-refractivity contribution in [2.75, 3.05) is 12.4 Å². The van der Waals surface area contributed by atoms with E-state index in [2.05, 4.69) is 15.4 Å². The van der Waals surface area contributed by atoms with Crippen molar-refractivity contribution in [3.8, 4) is 0 Å². The van der Waals surface area contributed by atoms with Gasteiger partial charge in [0.1, 0.15) is 6.04 Å². The fraction of sp³-hybridized carbons (Fsp3) is 0.211. The van der Waals surface area contributed by atoms with Gasteiger partial charge in [0.05, 0.1) is 13.5 Å². The highest BCUT2D eigenvalue weighted by Crippen LogP contribution is 2.11. The molecular weight excluding hydrogens is 320 g/mol. The lowest BCUT2D eigenvalue weighted by Crippen LogP contribution is -2.41. The normalized spacial score (nSPS) is 11.3. The first-order valence-electron chi connectivity index (χ1n) is 7.82. The number of methoxy groups -OCH3 is 1. The SMILES string of the molecule is COC(=O)Cc1ccccc1C(=O)N[C@H](C)C(=O)Nc1ccccc1. The Balaban J connectivity index is 2.04. The number of carbonyl (C=O) groups excluding carboxylic acids is 3. The van der Waals surface area contributed by atoms with E-state index in [4.69, 9.17) is 0 Å². The molecule has 25 heavy (non-hydrogen) atoms. The number of esters is 1. The van der Waals surface area contributed by atoms with Gasteiger partial charge in [-0.3, -0.25) is 14.4 Å². The summed E-state index contributed by atoms with van der Waals surface area (Å²) in [6.45, 7) is 1.60. The topological polar surface area (TPSA) is 84.5 Å². The van der Waals surface area contributed by atoms with Crippen LogP contribution in [0.3, 0.4) is 0 Å². The number of hydrogen-bond donors (Lipinski definition) is 2. The second kappa shape index (κ2) is 8.63. The summed E-state index contributed by atoms with van der Waals surface area (Å²) in [5, 5.41) is 5.37. The standard InChI is InChI=1S/C19H20N2O4/c1-13(18(23)21-15-9-4-3-5-10-15)20-19(24)16-11-7-6-8-14(16)12-17(22)25-2/h3-11,13H,12H2,1-2H3,(H,20,24)(H,21,23)/t13-/m1/s1. The highest BCUT2D eigenvalue weighted by Gasteiger charge is 2.19. The molecule has 0 bridgehead atoms. The largest absolute Gasteiger partial charge is 0.469 e. The molecule has 2 amide bonds. The van der Waals surface area contributed by atoms with Gasteiger partial charge >= 0.3 is 5.97 Å². The summed E-state index contributed by atoms with van der Waals surface area (Å²) in [7, 11) is 1.29. The zero-order valence-electron chi connectivity index (χ0n) is 14.1. The first-order chi connectivity index (χ1) is 12.0. The van der Waals surface area contributed by atoms with Crippen molar-refractivity contribution < 1.29 is 19.1 Å². The van der Waals surface area contributed by atoms with Crippen LogP contribution in [0.5, 0.6) is 0 Å². The van der Waals surface area contributed by atoms with Crippen molar-refractivity contribution in [1.29, 1.82) is 0 Å². The van der Waals surface area contributed by atoms with Gasteiger partial charge < -0.3 is 15.4 Å². The average Bonchev–Trinajstić information content (AvgIpc) is 2.62. The molecule has 0 aliphatic carbocycles. The van der Waals surface area contributed by atoms with Gasteiger partial charge in [-0.2, -0.15) is 0 Å². The number of amides is 2. The van der Waals surface area contributed by atoms with Crippen LogP contribution in [0, 0.1) is 0 Å². The van der Waals surface area contributed by atoms with Crippen molar-refractivity contribution in [2.24, 2.45) is 0 Å². The van der Waals surface area contributed by atoms with Gasteiger partial charge in [-0.15, -0.1) is 0 Å². The zero-order valence-corrected chi connectivity index (χ0v) is 14.1. The molecule has 0 aromatic heterocycles. The van der Waals surface area contributed by atoms with Crippen molar-refractivity contribution in [2.45, 2.75) is 19.4 Å². The lowest BCUT2D eigenvalue weighted by atomic mass is 10.0. The Morgan fingerprint density at radius 1 is 1.00 bits per heavy atom. The summed E-state index contributed by atoms with van der Waals surface area (Å²) in [5.74, 6) is -1.18. The van der Waals surface area contributed by atoms with E-state index < -0.39 is 17.9 Å². The molecule has 0 aliphatic heterocycles. The third-order valence-corrected chi connectivity index (χ3v) is 3.61. The van der Waals surface area contributed by atoms with Crippen molar-refractivity contribution in [3.05, 3.63) is 65.7 Å². The van der Waals surface area contributed by atoms with E-state index in [0.29, 0.717) is 16.8 Å². The summed E-state index contributed by atoms with van der Waals surface area (Å²) < 4.78 is 4.64. The maximum Gasteiger partial charge on any atom is 0.310 e. The van der Waals surface area contributed by atoms with Gasteiger partial charge in [0.15, 0.2) is 0 Å². The molecule has 130 valence electrons. The van der Waals surface area contributed by atoms with E-state index in [1.807, 2.05) is 18.2 Å². The second-order valence-electron chi connectivity index (χ2n) is 5.46. The molecule has 6 nitrogen and oxygen atoms in total. The fourth-order valence-corrected chi connectivity index (χ4v) is 2.24. The van der Waals surface area contributed by atoms with Crippen molar-refractivity contribution >= 4 is 23.5 Å². The number of benzene rings is 2. The van der Waals surface area contributed by atoms with Crippen LogP contribution >= 0.6 is 0 Å². The highest BCUT2D eigenvalue weighted by atomic mass is 16.5. The summed E-state index contributed by atoms with van der Waals surface area (Å²) in [6, 6.07) is 15.0. The molecule has 0 unspecified atom stereocenters. The molecule has 0 aliphatic rings. The van der Waals surface area contributed by atoms with E-state index in [0.717, 1.165) is 0 Å². The number of para-hydroxylation sites is 1. The number of hydrogen-bond acceptors (Lipinski definition) is 4. The van der Waals surface area contributed by atoms with Gasteiger partial charge in [0.2, 0.25) is 5.91 Å². The van der Waals surface area contributed by atoms with Crippen LogP contribution in [0.15, 0.2) is 54.6 Å². The predicted octanol–water partition coefficient (Wildman–Crippen LogP) is 2.16. The smallest absolute Gasteiger partial charge is 0.310 e. The molecule has 6 heteroatoms. The van der Waals surface area contributed by atoms with Crippen molar-refractivity contribution in [3.63, 3.8) is 0 Å². The van der Waals surface area contributed by atoms with Gasteiger partial charge in [-0.25, -0.2) is 0 Å². The van der Waals surface area contributed by atoms with Crippen LogP contribution in [0.2, 0.25) is 0 Å². The van der Waals surface area contributed by atoms with Gasteiger partial charge in [0, 0.05) is 11.3 Å². The van der Waals surface area contributed by atoms with Crippen molar-refractivity contribution in [1.82, 2.24) is 5.32 Å². The molecule has 0 saturated carbocycles. The minimum Gasteiger partial charge on any atom is -0.469 e. The first-order valence-corrected chi connectivity index (χ1v) is 7.82. The molecule has 0 radical (unpaired) electrons. The van der Waals surface area contributed by atoms with Crippen LogP contribution in [0.4, 0.5) is 5.69 Å². The molecule has 2 aromatic rings. The minimum atomic E-state index is -0.737. The number of rotatable bonds is 6. The van der Waals surface area contributed by atoms with Gasteiger partial charge in [-0.05, 0) is 30.7 Å². The molecular formula is C19H20N2O4. The first kappa shape index (κ1) is 18.2. The van der Waals surface area contributed by atoms with Crippen LogP contribution < -0.4 is 10.6 Å². The monoisotopic (exact) mass is 340 g/mol. The third-order valence-electron chi connectivity index (χ3n) is 3.61. The maximum absolute atomic E-state index is 12.5. The quantitative estimate of drug-likeness (QED) is 0.789. The molecule has 0 heterocycles. The van der Waals surface area contributed by atoms with E-state index >= 15 is 0 Å². The number of ether oxygens (including phenoxy) is 1. The van der Waals surface area contributed by atoms with E-state index in [9.17, 15) is 14.4 Å². The van der Waals surface area contributed by atoms with Gasteiger partial charge in [0.25, 0.3) is 5.91 Å². The van der Waals surface area contributed by atoms with E-state index in [1.54, 1.807) is 43.3 Å². The highest BCUT2D eigenvalue weighted by molar-refractivity contribution is 6.02. The molecule has 0 fully saturated rings. The van der Waals surface area contributed by atoms with Crippen LogP contribution in [-0.4, -0.2) is 30.9 Å². The summed E-state index contributed by atoms with van der Waals surface area (Å²) in [4.78, 5) is 36.1. The van der Waals surface area contributed by atoms with Gasteiger partial charge in [-0.1, -0.05) is 36.4 Å². The van der Waals surface area contributed by atoms with Crippen LogP contribution in [-0.2, 0) is 20.7 Å². The maximum atomic E-state index is 12.5. The van der Waals surface area contributed by atoms with Crippen LogP contribution in [0.1, 0.15) is 22.8 Å². The lowest BCUT2D eigenvalue weighted by molar-refractivity contribution is -0.139. The number of carbonyl (C=O) groups is 3. The summed E-state index contributed by atoms with van der Waals surface area (Å²) >= 11 is 0. The Labute approximate surface area is 146 Å². The molecule has 2 rings (SSSR count). The lowest BCUT2D eigenvalue weighted by Gasteiger charge is -2.15. The zero-order chi connectivity index (χ0) is 18.2. The Bertz CT molecular complexity index is 759. The Morgan fingerprint density at radius 3 is 2.32 bits per heavy atom. The fourth-order valence-electron chi connectivity index (χ4n) is 2.24. The summed E-state index contributed by atoms with van der Waals surface area (Å²) in [6.07, 6.45) is -0.00924. The second-order valence-corrected chi connectivity index (χ2v) is 5.46. The molecule has 0 spiro atoms. The van der Waals surface area contributed by atoms with E-state index in [1.165, 1.54) is 7.11 Å². The minimum absolute atomic E-state index is 0.00924. The number of anilines is 1. The Morgan fingerprint density at radius 2 is 1.64 bits per heavy atom. The predicted molar refractivity (Wildman–Crippen MR) is 94.2 cm³/mol. The number of nitrogens with one attached hydrogen (secondary N) is 2. The third kappa shape index (κ3) is 5.17. The summed E-state index contributed by atoms with van der Waals surface area (Å²) in [5.41, 5.74) is 1.54. The molecule has 2 N–H and O–H groups in total. The molecule has 2 aromatic carbocycles. The average molecular weight is 340 g/mol. The Hall–Kier alpha value is -3.15. The molecule has 1 atom stereocenters. The Kier molecular flexibility index (Phi) is 6.28.